The average molecular weight is 316 g/mol. The van der Waals surface area contributed by atoms with E-state index in [1.807, 2.05) is 19.1 Å². The second-order valence-corrected chi connectivity index (χ2v) is 6.61. The lowest BCUT2D eigenvalue weighted by Crippen LogP contribution is -2.43. The van der Waals surface area contributed by atoms with Gasteiger partial charge in [0, 0.05) is 4.57 Å². The van der Waals surface area contributed by atoms with Crippen LogP contribution in [0.2, 0.25) is 0 Å². The molecule has 110 valence electrons. The van der Waals surface area contributed by atoms with Crippen molar-refractivity contribution in [3.05, 3.63) is 29.8 Å². The fourth-order valence-electron chi connectivity index (χ4n) is 1.27. The van der Waals surface area contributed by atoms with E-state index in [0.29, 0.717) is 5.75 Å². The Morgan fingerprint density at radius 2 is 1.90 bits per heavy atom. The monoisotopic (exact) mass is 316 g/mol. The van der Waals surface area contributed by atoms with Crippen LogP contribution < -0.4 is 9.61 Å². The number of carbonyl (C=O) groups is 1. The molecule has 0 fully saturated rings. The third-order valence-corrected chi connectivity index (χ3v) is 3.74. The van der Waals surface area contributed by atoms with Gasteiger partial charge in [-0.3, -0.25) is 0 Å². The summed E-state index contributed by atoms with van der Waals surface area (Å²) in [6, 6.07) is 7.08. The van der Waals surface area contributed by atoms with E-state index < -0.39 is 19.0 Å². The molecular weight excluding hydrogens is 297 g/mol. The van der Waals surface area contributed by atoms with Crippen molar-refractivity contribution in [1.82, 2.24) is 5.09 Å². The molecule has 0 aromatic heterocycles. The maximum Gasteiger partial charge on any atom is 0.665 e. The number of esters is 1. The second kappa shape index (κ2) is 7.07. The van der Waals surface area contributed by atoms with Gasteiger partial charge in [0.25, 0.3) is 0 Å². The summed E-state index contributed by atoms with van der Waals surface area (Å²) in [6.45, 7) is 6.86. The zero-order chi connectivity index (χ0) is 15.3. The van der Waals surface area contributed by atoms with Crippen molar-refractivity contribution in [2.45, 2.75) is 38.7 Å². The Bertz CT molecular complexity index is 488. The molecule has 0 aliphatic rings. The van der Waals surface area contributed by atoms with Crippen LogP contribution in [-0.2, 0) is 14.1 Å². The van der Waals surface area contributed by atoms with Gasteiger partial charge >= 0.3 is 14.1 Å². The van der Waals surface area contributed by atoms with Gasteiger partial charge in [-0.1, -0.05) is 17.7 Å². The third kappa shape index (κ3) is 5.49. The van der Waals surface area contributed by atoms with Crippen molar-refractivity contribution in [1.29, 1.82) is 0 Å². The number of hydrogen-bond donors (Lipinski definition) is 2. The van der Waals surface area contributed by atoms with Crippen LogP contribution in [0.3, 0.4) is 0 Å². The van der Waals surface area contributed by atoms with Gasteiger partial charge in [-0.25, -0.2) is 9.32 Å². The largest absolute Gasteiger partial charge is 0.665 e. The molecule has 20 heavy (non-hydrogen) atoms. The van der Waals surface area contributed by atoms with Gasteiger partial charge in [0.15, 0.2) is 5.75 Å². The van der Waals surface area contributed by atoms with E-state index in [-0.39, 0.29) is 6.10 Å². The van der Waals surface area contributed by atoms with Crippen LogP contribution in [-0.4, -0.2) is 16.9 Å². The second-order valence-electron chi connectivity index (χ2n) is 4.80. The third-order valence-electron chi connectivity index (χ3n) is 2.26. The van der Waals surface area contributed by atoms with Crippen molar-refractivity contribution < 1.29 is 18.6 Å². The van der Waals surface area contributed by atoms with E-state index in [1.54, 1.807) is 26.0 Å². The van der Waals surface area contributed by atoms with E-state index in [0.717, 1.165) is 5.56 Å². The first kappa shape index (κ1) is 17.0. The maximum atomic E-state index is 11.9. The summed E-state index contributed by atoms with van der Waals surface area (Å²) >= 11 is 4.13. The number of rotatable bonds is 6. The molecule has 0 saturated heterocycles. The Kier molecular flexibility index (Phi) is 5.99. The summed E-state index contributed by atoms with van der Waals surface area (Å²) in [4.78, 5) is 10.4. The predicted octanol–water partition coefficient (Wildman–Crippen LogP) is 3.22. The minimum absolute atomic E-state index is 0.272. The minimum Gasteiger partial charge on any atom is -0.461 e. The molecule has 2 unspecified atom stereocenters. The predicted molar refractivity (Wildman–Crippen MR) is 81.2 cm³/mol. The Morgan fingerprint density at radius 3 is 2.40 bits per heavy atom. The zero-order valence-electron chi connectivity index (χ0n) is 11.9. The normalized spacial score (nSPS) is 14.6. The molecule has 0 heterocycles. The van der Waals surface area contributed by atoms with Crippen molar-refractivity contribution in [3.63, 3.8) is 0 Å². The van der Waals surface area contributed by atoms with Crippen LogP contribution in [0.25, 0.3) is 0 Å². The standard InChI is InChI=1S/C13H18NO4PS/c1-9(2)17-12(15)13(4,20)14-19(16)18-11-7-5-10(3)6-8-11/h5-9H,1-4H3,(H-,14,16,20)/p+1. The van der Waals surface area contributed by atoms with E-state index in [9.17, 15) is 9.36 Å². The van der Waals surface area contributed by atoms with Crippen molar-refractivity contribution >= 4 is 26.8 Å². The highest BCUT2D eigenvalue weighted by atomic mass is 32.1. The molecule has 0 aliphatic heterocycles. The fourth-order valence-corrected chi connectivity index (χ4v) is 2.37. The molecule has 0 saturated carbocycles. The van der Waals surface area contributed by atoms with E-state index in [4.69, 9.17) is 9.26 Å². The molecular formula is C13H19NO4PS+. The lowest BCUT2D eigenvalue weighted by atomic mass is 10.2. The summed E-state index contributed by atoms with van der Waals surface area (Å²) in [5, 5.41) is 2.50. The topological polar surface area (TPSA) is 64.6 Å². The number of aryl methyl sites for hydroxylation is 1. The lowest BCUT2D eigenvalue weighted by Gasteiger charge is -2.18. The van der Waals surface area contributed by atoms with Gasteiger partial charge in [-0.2, -0.15) is 0 Å². The molecule has 0 amide bonds. The van der Waals surface area contributed by atoms with E-state index in [2.05, 4.69) is 17.7 Å². The first-order chi connectivity index (χ1) is 9.20. The molecule has 0 spiro atoms. The average Bonchev–Trinajstić information content (AvgIpc) is 2.30. The van der Waals surface area contributed by atoms with Crippen LogP contribution in [0.1, 0.15) is 26.3 Å². The van der Waals surface area contributed by atoms with Crippen LogP contribution in [0.4, 0.5) is 0 Å². The summed E-state index contributed by atoms with van der Waals surface area (Å²) in [7, 11) is -2.29. The Balaban J connectivity index is 2.60. The van der Waals surface area contributed by atoms with Crippen LogP contribution in [0.5, 0.6) is 5.75 Å². The summed E-state index contributed by atoms with van der Waals surface area (Å²) in [5.41, 5.74) is 1.07. The van der Waals surface area contributed by atoms with Crippen molar-refractivity contribution in [3.8, 4) is 5.75 Å². The van der Waals surface area contributed by atoms with Crippen LogP contribution in [0.15, 0.2) is 24.3 Å². The SMILES string of the molecule is Cc1ccc(O[P+](=O)NC(C)(S)C(=O)OC(C)C)cc1. The van der Waals surface area contributed by atoms with Gasteiger partial charge in [0.2, 0.25) is 4.87 Å². The summed E-state index contributed by atoms with van der Waals surface area (Å²) < 4.78 is 22.1. The summed E-state index contributed by atoms with van der Waals surface area (Å²) in [5.74, 6) is -0.155. The zero-order valence-corrected chi connectivity index (χ0v) is 13.7. The van der Waals surface area contributed by atoms with E-state index in [1.165, 1.54) is 6.92 Å². The van der Waals surface area contributed by atoms with Gasteiger partial charge in [0.1, 0.15) is 0 Å². The number of benzene rings is 1. The molecule has 7 heteroatoms. The number of carbonyl (C=O) groups excluding carboxylic acids is 1. The molecule has 0 bridgehead atoms. The highest BCUT2D eigenvalue weighted by molar-refractivity contribution is 7.83. The minimum atomic E-state index is -2.29. The summed E-state index contributed by atoms with van der Waals surface area (Å²) in [6.07, 6.45) is -0.272. The smallest absolute Gasteiger partial charge is 0.461 e. The van der Waals surface area contributed by atoms with E-state index >= 15 is 0 Å². The number of thiol groups is 1. The fraction of sp³-hybridized carbons (Fsp3) is 0.462. The number of hydrogen-bond acceptors (Lipinski definition) is 5. The van der Waals surface area contributed by atoms with Crippen LogP contribution in [0, 0.1) is 6.92 Å². The first-order valence-electron chi connectivity index (χ1n) is 6.14. The molecule has 2 atom stereocenters. The Labute approximate surface area is 125 Å². The molecule has 1 rings (SSSR count). The van der Waals surface area contributed by atoms with Crippen LogP contribution >= 0.6 is 20.8 Å². The van der Waals surface area contributed by atoms with Crippen molar-refractivity contribution in [2.24, 2.45) is 0 Å². The van der Waals surface area contributed by atoms with Gasteiger partial charge in [-0.05, 0) is 44.9 Å². The highest BCUT2D eigenvalue weighted by Gasteiger charge is 2.41. The van der Waals surface area contributed by atoms with Gasteiger partial charge in [-0.15, -0.1) is 12.6 Å². The van der Waals surface area contributed by atoms with Gasteiger partial charge < -0.3 is 4.74 Å². The molecule has 1 N–H and O–H groups in total. The molecule has 1 aromatic rings. The first-order valence-corrected chi connectivity index (χ1v) is 7.76. The lowest BCUT2D eigenvalue weighted by molar-refractivity contribution is -0.150. The quantitative estimate of drug-likeness (QED) is 0.365. The maximum absolute atomic E-state index is 11.9. The highest BCUT2D eigenvalue weighted by Crippen LogP contribution is 2.28. The molecule has 5 nitrogen and oxygen atoms in total. The molecule has 0 radical (unpaired) electrons. The number of ether oxygens (including phenoxy) is 1. The molecule has 1 aromatic carbocycles. The number of nitrogens with one attached hydrogen (secondary N) is 1. The Hall–Kier alpha value is -1.10. The molecule has 0 aliphatic carbocycles. The Morgan fingerprint density at radius 1 is 1.35 bits per heavy atom. The van der Waals surface area contributed by atoms with Gasteiger partial charge in [0.05, 0.1) is 6.10 Å². The van der Waals surface area contributed by atoms with Crippen molar-refractivity contribution in [2.75, 3.05) is 0 Å².